The molecule has 39 heavy (non-hydrogen) atoms. The van der Waals surface area contributed by atoms with E-state index in [0.717, 1.165) is 61.6 Å². The van der Waals surface area contributed by atoms with Crippen molar-refractivity contribution in [2.24, 2.45) is 0 Å². The summed E-state index contributed by atoms with van der Waals surface area (Å²) in [6.45, 7) is 1.92. The Morgan fingerprint density at radius 3 is 2.41 bits per heavy atom. The lowest BCUT2D eigenvalue weighted by Crippen LogP contribution is -2.52. The molecule has 1 heterocycles. The number of nitrogens with one attached hydrogen (secondary N) is 2. The van der Waals surface area contributed by atoms with Gasteiger partial charge in [-0.15, -0.1) is 0 Å². The zero-order chi connectivity index (χ0) is 27.4. The number of rotatable bonds is 8. The summed E-state index contributed by atoms with van der Waals surface area (Å²) in [5, 5.41) is 6.30. The Hall–Kier alpha value is -3.71. The molecule has 2 amide bonds. The Morgan fingerprint density at radius 1 is 0.974 bits per heavy atom. The topological polar surface area (TPSA) is 66.1 Å². The van der Waals surface area contributed by atoms with E-state index in [-0.39, 0.29) is 17.5 Å². The first-order valence-electron chi connectivity index (χ1n) is 13.8. The van der Waals surface area contributed by atoms with E-state index in [4.69, 9.17) is 9.47 Å². The molecule has 0 unspecified atom stereocenters. The summed E-state index contributed by atoms with van der Waals surface area (Å²) in [6, 6.07) is 25.2. The number of hydrogen-bond acceptors (Lipinski definition) is 5. The first-order chi connectivity index (χ1) is 18.9. The first-order valence-corrected chi connectivity index (χ1v) is 13.8. The number of fused-ring (bicyclic) bond motifs is 1. The van der Waals surface area contributed by atoms with Gasteiger partial charge in [0.2, 0.25) is 0 Å². The van der Waals surface area contributed by atoms with Crippen molar-refractivity contribution in [2.75, 3.05) is 45.1 Å². The second-order valence-corrected chi connectivity index (χ2v) is 11.0. The smallest absolute Gasteiger partial charge is 0.319 e. The molecule has 1 saturated carbocycles. The first kappa shape index (κ1) is 26.9. The number of ether oxygens (including phenoxy) is 2. The van der Waals surface area contributed by atoms with Gasteiger partial charge in [-0.2, -0.15) is 0 Å². The second-order valence-electron chi connectivity index (χ2n) is 11.0. The molecular formula is C32H40N4O3. The Balaban J connectivity index is 1.35. The van der Waals surface area contributed by atoms with Crippen molar-refractivity contribution in [1.29, 1.82) is 0 Å². The van der Waals surface area contributed by atoms with Gasteiger partial charge in [0.15, 0.2) is 11.5 Å². The summed E-state index contributed by atoms with van der Waals surface area (Å²) in [7, 11) is 7.38. The van der Waals surface area contributed by atoms with Crippen LogP contribution in [-0.4, -0.2) is 57.9 Å². The molecule has 0 radical (unpaired) electrons. The Bertz CT molecular complexity index is 1260. The molecule has 1 saturated heterocycles. The highest BCUT2D eigenvalue weighted by molar-refractivity contribution is 5.89. The van der Waals surface area contributed by atoms with E-state index in [9.17, 15) is 4.79 Å². The average Bonchev–Trinajstić information content (AvgIpc) is 3.32. The van der Waals surface area contributed by atoms with Crippen LogP contribution in [0.1, 0.15) is 36.8 Å². The van der Waals surface area contributed by atoms with Gasteiger partial charge in [-0.1, -0.05) is 36.4 Å². The van der Waals surface area contributed by atoms with E-state index in [1.54, 1.807) is 14.2 Å². The van der Waals surface area contributed by atoms with Gasteiger partial charge in [0, 0.05) is 49.5 Å². The molecule has 1 aliphatic carbocycles. The molecule has 0 bridgehead atoms. The molecule has 3 aromatic rings. The van der Waals surface area contributed by atoms with Crippen molar-refractivity contribution < 1.29 is 14.3 Å². The van der Waals surface area contributed by atoms with Crippen molar-refractivity contribution in [3.63, 3.8) is 0 Å². The Morgan fingerprint density at radius 2 is 1.72 bits per heavy atom. The standard InChI is InChI=1S/C32H40N4O3/c1-35(2)27-13-11-25(12-14-27)33-31(37)34-26-16-17-32(24-10-15-28(38-3)29(20-24)39-4)18-19-36(30(32)21-26)22-23-8-6-5-7-9-23/h5-15,20,26,30H,16-19,21-22H2,1-4H3,(H2,33,34,37)/t26-,30+,32-/m0/s1. The molecule has 0 spiro atoms. The van der Waals surface area contributed by atoms with Gasteiger partial charge in [0.1, 0.15) is 0 Å². The van der Waals surface area contributed by atoms with Crippen LogP contribution < -0.4 is 25.0 Å². The van der Waals surface area contributed by atoms with Crippen molar-refractivity contribution >= 4 is 17.4 Å². The third-order valence-electron chi connectivity index (χ3n) is 8.53. The van der Waals surface area contributed by atoms with E-state index in [1.165, 1.54) is 11.1 Å². The van der Waals surface area contributed by atoms with Crippen LogP contribution in [0.5, 0.6) is 11.5 Å². The molecule has 2 aliphatic rings. The van der Waals surface area contributed by atoms with Gasteiger partial charge in [-0.25, -0.2) is 4.79 Å². The molecule has 2 fully saturated rings. The monoisotopic (exact) mass is 528 g/mol. The highest BCUT2D eigenvalue weighted by atomic mass is 16.5. The lowest BCUT2D eigenvalue weighted by molar-refractivity contribution is 0.131. The molecule has 1 aliphatic heterocycles. The minimum absolute atomic E-state index is 0.00496. The third-order valence-corrected chi connectivity index (χ3v) is 8.53. The fourth-order valence-corrected chi connectivity index (χ4v) is 6.46. The fraction of sp³-hybridized carbons (Fsp3) is 0.406. The number of likely N-dealkylation sites (tertiary alicyclic amines) is 1. The predicted octanol–water partition coefficient (Wildman–Crippen LogP) is 5.66. The van der Waals surface area contributed by atoms with Gasteiger partial charge >= 0.3 is 6.03 Å². The molecule has 0 aromatic heterocycles. The molecule has 2 N–H and O–H groups in total. The van der Waals surface area contributed by atoms with Crippen LogP contribution in [-0.2, 0) is 12.0 Å². The molecule has 206 valence electrons. The number of carbonyl (C=O) groups is 1. The van der Waals surface area contributed by atoms with Crippen molar-refractivity contribution in [3.05, 3.63) is 83.9 Å². The summed E-state index contributed by atoms with van der Waals surface area (Å²) >= 11 is 0. The Kier molecular flexibility index (Phi) is 7.98. The number of amides is 2. The normalized spacial score (nSPS) is 22.6. The number of hydrogen-bond donors (Lipinski definition) is 2. The summed E-state index contributed by atoms with van der Waals surface area (Å²) < 4.78 is 11.2. The van der Waals surface area contributed by atoms with Gasteiger partial charge in [-0.05, 0) is 79.8 Å². The number of methoxy groups -OCH3 is 2. The maximum Gasteiger partial charge on any atom is 0.319 e. The minimum atomic E-state index is -0.149. The number of benzene rings is 3. The highest BCUT2D eigenvalue weighted by Crippen LogP contribution is 2.50. The number of nitrogens with zero attached hydrogens (tertiary/aromatic N) is 2. The summed E-state index contributed by atoms with van der Waals surface area (Å²) in [6.07, 6.45) is 3.91. The van der Waals surface area contributed by atoms with Crippen molar-refractivity contribution in [1.82, 2.24) is 10.2 Å². The fourth-order valence-electron chi connectivity index (χ4n) is 6.46. The van der Waals surface area contributed by atoms with E-state index in [2.05, 4.69) is 58.0 Å². The second kappa shape index (κ2) is 11.6. The summed E-state index contributed by atoms with van der Waals surface area (Å²) in [4.78, 5) is 17.6. The van der Waals surface area contributed by atoms with Gasteiger partial charge in [0.25, 0.3) is 0 Å². The minimum Gasteiger partial charge on any atom is -0.493 e. The molecule has 3 atom stereocenters. The van der Waals surface area contributed by atoms with Gasteiger partial charge in [-0.3, -0.25) is 4.90 Å². The zero-order valence-electron chi connectivity index (χ0n) is 23.4. The number of carbonyl (C=O) groups excluding carboxylic acids is 1. The quantitative estimate of drug-likeness (QED) is 0.395. The van der Waals surface area contributed by atoms with Crippen LogP contribution in [0.25, 0.3) is 0 Å². The van der Waals surface area contributed by atoms with Crippen LogP contribution in [0.4, 0.5) is 16.2 Å². The molecule has 5 rings (SSSR count). The number of urea groups is 1. The largest absolute Gasteiger partial charge is 0.493 e. The van der Waals surface area contributed by atoms with Crippen molar-refractivity contribution in [2.45, 2.75) is 49.7 Å². The summed E-state index contributed by atoms with van der Waals surface area (Å²) in [5.74, 6) is 1.52. The molecular weight excluding hydrogens is 488 g/mol. The van der Waals surface area contributed by atoms with Crippen LogP contribution in [0.3, 0.4) is 0 Å². The lowest BCUT2D eigenvalue weighted by Gasteiger charge is -2.45. The van der Waals surface area contributed by atoms with Crippen LogP contribution >= 0.6 is 0 Å². The summed E-state index contributed by atoms with van der Waals surface area (Å²) in [5.41, 5.74) is 4.50. The van der Waals surface area contributed by atoms with Gasteiger partial charge < -0.3 is 25.0 Å². The van der Waals surface area contributed by atoms with E-state index < -0.39 is 0 Å². The molecule has 7 nitrogen and oxygen atoms in total. The highest BCUT2D eigenvalue weighted by Gasteiger charge is 2.51. The molecule has 3 aromatic carbocycles. The van der Waals surface area contributed by atoms with E-state index in [1.807, 2.05) is 49.3 Å². The average molecular weight is 529 g/mol. The van der Waals surface area contributed by atoms with Crippen LogP contribution in [0, 0.1) is 0 Å². The van der Waals surface area contributed by atoms with Crippen LogP contribution in [0.2, 0.25) is 0 Å². The van der Waals surface area contributed by atoms with Gasteiger partial charge in [0.05, 0.1) is 14.2 Å². The van der Waals surface area contributed by atoms with E-state index in [0.29, 0.717) is 6.04 Å². The Labute approximate surface area is 232 Å². The maximum absolute atomic E-state index is 13.0. The van der Waals surface area contributed by atoms with Crippen molar-refractivity contribution in [3.8, 4) is 11.5 Å². The third kappa shape index (κ3) is 5.69. The number of anilines is 2. The van der Waals surface area contributed by atoms with E-state index >= 15 is 0 Å². The lowest BCUT2D eigenvalue weighted by atomic mass is 9.65. The zero-order valence-corrected chi connectivity index (χ0v) is 23.4. The SMILES string of the molecule is COc1ccc([C@@]23CC[C@H](NC(=O)Nc4ccc(N(C)C)cc4)C[C@H]2N(Cc2ccccc2)CC3)cc1OC. The van der Waals surface area contributed by atoms with Crippen LogP contribution in [0.15, 0.2) is 72.8 Å². The molecule has 7 heteroatoms. The predicted molar refractivity (Wildman–Crippen MR) is 157 cm³/mol. The maximum atomic E-state index is 13.0.